The van der Waals surface area contributed by atoms with Crippen molar-refractivity contribution in [1.29, 1.82) is 0 Å². The first kappa shape index (κ1) is 12.7. The van der Waals surface area contributed by atoms with Gasteiger partial charge in [-0.1, -0.05) is 12.1 Å². The molecule has 19 heavy (non-hydrogen) atoms. The number of benzene rings is 1. The maximum Gasteiger partial charge on any atom is 0.311 e. The predicted octanol–water partition coefficient (Wildman–Crippen LogP) is 2.75. The standard InChI is InChI=1S/C13H11N3O3/c1-9-4-2-7-12(15-9)14-8-10-5-3-6-11(13(10)17)16(18)19/h2-8,17H,1H3/b14-8+. The molecule has 2 rings (SSSR count). The number of aliphatic imine (C=N–C) groups is 1. The minimum absolute atomic E-state index is 0.275. The average Bonchev–Trinajstić information content (AvgIpc) is 2.37. The zero-order valence-electron chi connectivity index (χ0n) is 10.1. The van der Waals surface area contributed by atoms with Crippen LogP contribution in [0.2, 0.25) is 0 Å². The molecule has 0 bridgehead atoms. The fraction of sp³-hybridized carbons (Fsp3) is 0.0769. The van der Waals surface area contributed by atoms with E-state index in [4.69, 9.17) is 0 Å². The highest BCUT2D eigenvalue weighted by Crippen LogP contribution is 2.28. The normalized spacial score (nSPS) is 10.8. The number of aromatic nitrogens is 1. The largest absolute Gasteiger partial charge is 0.502 e. The van der Waals surface area contributed by atoms with E-state index < -0.39 is 10.7 Å². The van der Waals surface area contributed by atoms with Crippen LogP contribution in [0.25, 0.3) is 0 Å². The molecule has 2 aromatic rings. The highest BCUT2D eigenvalue weighted by molar-refractivity contribution is 5.86. The number of hydrogen-bond donors (Lipinski definition) is 1. The fourth-order valence-electron chi connectivity index (χ4n) is 1.54. The van der Waals surface area contributed by atoms with Crippen LogP contribution in [0.5, 0.6) is 5.75 Å². The molecule has 0 amide bonds. The molecule has 0 radical (unpaired) electrons. The first-order valence-electron chi connectivity index (χ1n) is 5.52. The van der Waals surface area contributed by atoms with Crippen molar-refractivity contribution in [3.05, 3.63) is 57.8 Å². The van der Waals surface area contributed by atoms with E-state index in [1.165, 1.54) is 18.3 Å². The summed E-state index contributed by atoms with van der Waals surface area (Å²) in [5.74, 6) is 0.0785. The van der Waals surface area contributed by atoms with Crippen LogP contribution in [0.4, 0.5) is 11.5 Å². The number of pyridine rings is 1. The molecule has 0 aliphatic carbocycles. The molecule has 0 spiro atoms. The molecule has 1 heterocycles. The van der Waals surface area contributed by atoms with Crippen molar-refractivity contribution in [3.8, 4) is 5.75 Å². The topological polar surface area (TPSA) is 88.6 Å². The van der Waals surface area contributed by atoms with E-state index in [1.807, 2.05) is 19.1 Å². The lowest BCUT2D eigenvalue weighted by molar-refractivity contribution is -0.385. The summed E-state index contributed by atoms with van der Waals surface area (Å²) in [6.45, 7) is 1.84. The number of phenolic OH excluding ortho intramolecular Hbond substituents is 1. The number of nitro benzene ring substituents is 1. The molecule has 1 N–H and O–H groups in total. The van der Waals surface area contributed by atoms with Crippen LogP contribution in [0.15, 0.2) is 41.4 Å². The predicted molar refractivity (Wildman–Crippen MR) is 71.0 cm³/mol. The van der Waals surface area contributed by atoms with Gasteiger partial charge in [-0.2, -0.15) is 0 Å². The van der Waals surface area contributed by atoms with Crippen LogP contribution in [-0.4, -0.2) is 21.2 Å². The molecule has 0 atom stereocenters. The Balaban J connectivity index is 2.34. The Morgan fingerprint density at radius 3 is 2.74 bits per heavy atom. The second-order valence-corrected chi connectivity index (χ2v) is 3.87. The van der Waals surface area contributed by atoms with E-state index in [1.54, 1.807) is 12.1 Å². The molecule has 6 heteroatoms. The molecule has 96 valence electrons. The molecule has 0 aliphatic rings. The first-order valence-corrected chi connectivity index (χ1v) is 5.52. The Hall–Kier alpha value is -2.76. The second kappa shape index (κ2) is 5.26. The summed E-state index contributed by atoms with van der Waals surface area (Å²) in [5.41, 5.74) is 0.747. The van der Waals surface area contributed by atoms with E-state index in [9.17, 15) is 15.2 Å². The summed E-state index contributed by atoms with van der Waals surface area (Å²) < 4.78 is 0. The summed E-state index contributed by atoms with van der Waals surface area (Å²) >= 11 is 0. The lowest BCUT2D eigenvalue weighted by Gasteiger charge is -1.99. The van der Waals surface area contributed by atoms with Gasteiger partial charge in [0.05, 0.1) is 4.92 Å². The number of aromatic hydroxyl groups is 1. The Morgan fingerprint density at radius 1 is 1.32 bits per heavy atom. The number of nitro groups is 1. The molecule has 1 aromatic heterocycles. The summed E-state index contributed by atoms with van der Waals surface area (Å²) in [7, 11) is 0. The van der Waals surface area contributed by atoms with E-state index in [0.29, 0.717) is 5.82 Å². The fourth-order valence-corrected chi connectivity index (χ4v) is 1.54. The zero-order chi connectivity index (χ0) is 13.8. The molecule has 0 fully saturated rings. The minimum atomic E-state index is -0.641. The summed E-state index contributed by atoms with van der Waals surface area (Å²) in [6.07, 6.45) is 1.35. The van der Waals surface area contributed by atoms with Crippen LogP contribution >= 0.6 is 0 Å². The number of hydrogen-bond acceptors (Lipinski definition) is 5. The van der Waals surface area contributed by atoms with Crippen molar-refractivity contribution >= 4 is 17.7 Å². The first-order chi connectivity index (χ1) is 9.08. The smallest absolute Gasteiger partial charge is 0.311 e. The van der Waals surface area contributed by atoms with Crippen LogP contribution in [0.3, 0.4) is 0 Å². The Morgan fingerprint density at radius 2 is 2.05 bits per heavy atom. The van der Waals surface area contributed by atoms with E-state index in [0.717, 1.165) is 5.69 Å². The molecular weight excluding hydrogens is 246 g/mol. The second-order valence-electron chi connectivity index (χ2n) is 3.87. The average molecular weight is 257 g/mol. The quantitative estimate of drug-likeness (QED) is 0.520. The van der Waals surface area contributed by atoms with E-state index in [2.05, 4.69) is 9.98 Å². The number of phenols is 1. The van der Waals surface area contributed by atoms with Gasteiger partial charge in [0.1, 0.15) is 0 Å². The maximum atomic E-state index is 10.7. The molecular formula is C13H11N3O3. The summed E-state index contributed by atoms with van der Waals surface area (Å²) in [5, 5.41) is 20.4. The van der Waals surface area contributed by atoms with Crippen LogP contribution in [0, 0.1) is 17.0 Å². The minimum Gasteiger partial charge on any atom is -0.502 e. The number of aryl methyl sites for hydroxylation is 1. The molecule has 0 saturated heterocycles. The Bertz CT molecular complexity index is 653. The number of nitrogens with zero attached hydrogens (tertiary/aromatic N) is 3. The number of rotatable bonds is 3. The van der Waals surface area contributed by atoms with Crippen molar-refractivity contribution in [3.63, 3.8) is 0 Å². The SMILES string of the molecule is Cc1cccc(/N=C/c2cccc([N+](=O)[O-])c2O)n1. The van der Waals surface area contributed by atoms with Gasteiger partial charge in [0, 0.05) is 23.5 Å². The third-order valence-corrected chi connectivity index (χ3v) is 2.45. The van der Waals surface area contributed by atoms with Crippen molar-refractivity contribution in [2.45, 2.75) is 6.92 Å². The van der Waals surface area contributed by atoms with Crippen molar-refractivity contribution in [2.75, 3.05) is 0 Å². The highest BCUT2D eigenvalue weighted by Gasteiger charge is 2.14. The van der Waals surface area contributed by atoms with Gasteiger partial charge in [0.2, 0.25) is 5.75 Å². The molecule has 0 aliphatic heterocycles. The van der Waals surface area contributed by atoms with Crippen molar-refractivity contribution in [1.82, 2.24) is 4.98 Å². The van der Waals surface area contributed by atoms with Gasteiger partial charge < -0.3 is 5.11 Å². The lowest BCUT2D eigenvalue weighted by Crippen LogP contribution is -1.91. The molecule has 0 saturated carbocycles. The summed E-state index contributed by atoms with van der Waals surface area (Å²) in [6, 6.07) is 9.62. The van der Waals surface area contributed by atoms with Crippen LogP contribution < -0.4 is 0 Å². The highest BCUT2D eigenvalue weighted by atomic mass is 16.6. The molecule has 0 unspecified atom stereocenters. The van der Waals surface area contributed by atoms with Crippen LogP contribution in [-0.2, 0) is 0 Å². The van der Waals surface area contributed by atoms with Gasteiger partial charge >= 0.3 is 5.69 Å². The van der Waals surface area contributed by atoms with Crippen molar-refractivity contribution < 1.29 is 10.0 Å². The van der Waals surface area contributed by atoms with E-state index >= 15 is 0 Å². The Kier molecular flexibility index (Phi) is 3.51. The zero-order valence-corrected chi connectivity index (χ0v) is 10.1. The van der Waals surface area contributed by atoms with Gasteiger partial charge in [-0.25, -0.2) is 9.98 Å². The molecule has 1 aromatic carbocycles. The Labute approximate surface area is 109 Å². The van der Waals surface area contributed by atoms with Gasteiger partial charge in [-0.05, 0) is 25.1 Å². The van der Waals surface area contributed by atoms with E-state index in [-0.39, 0.29) is 11.3 Å². The summed E-state index contributed by atoms with van der Waals surface area (Å²) in [4.78, 5) is 18.3. The van der Waals surface area contributed by atoms with Gasteiger partial charge in [0.25, 0.3) is 0 Å². The lowest BCUT2D eigenvalue weighted by atomic mass is 10.2. The van der Waals surface area contributed by atoms with Crippen molar-refractivity contribution in [2.24, 2.45) is 4.99 Å². The number of para-hydroxylation sites is 1. The van der Waals surface area contributed by atoms with Gasteiger partial charge in [-0.15, -0.1) is 0 Å². The van der Waals surface area contributed by atoms with Crippen LogP contribution in [0.1, 0.15) is 11.3 Å². The monoisotopic (exact) mass is 257 g/mol. The third kappa shape index (κ3) is 2.92. The third-order valence-electron chi connectivity index (χ3n) is 2.45. The van der Waals surface area contributed by atoms with Gasteiger partial charge in [-0.3, -0.25) is 10.1 Å². The van der Waals surface area contributed by atoms with Gasteiger partial charge in [0.15, 0.2) is 5.82 Å². The maximum absolute atomic E-state index is 10.7. The molecule has 6 nitrogen and oxygen atoms in total.